The van der Waals surface area contributed by atoms with Crippen LogP contribution >= 0.6 is 0 Å². The van der Waals surface area contributed by atoms with E-state index in [1.807, 2.05) is 0 Å². The van der Waals surface area contributed by atoms with Crippen molar-refractivity contribution in [1.82, 2.24) is 10.6 Å². The lowest BCUT2D eigenvalue weighted by molar-refractivity contribution is 0.249. The molecule has 0 rings (SSSR count). The summed E-state index contributed by atoms with van der Waals surface area (Å²) in [6, 6.07) is 0.0598. The quantitative estimate of drug-likeness (QED) is 0.510. The van der Waals surface area contributed by atoms with Gasteiger partial charge < -0.3 is 16.4 Å². The van der Waals surface area contributed by atoms with Crippen molar-refractivity contribution in [3.8, 4) is 0 Å². The zero-order valence-corrected chi connectivity index (χ0v) is 7.89. The van der Waals surface area contributed by atoms with Crippen LogP contribution in [0.2, 0.25) is 0 Å². The number of amides is 2. The van der Waals surface area contributed by atoms with E-state index in [9.17, 15) is 4.79 Å². The van der Waals surface area contributed by atoms with Gasteiger partial charge in [-0.3, -0.25) is 0 Å². The number of carbonyl (C=O) groups excluding carboxylic acids is 1. The fourth-order valence-corrected chi connectivity index (χ4v) is 1.04. The highest BCUT2D eigenvalue weighted by Gasteiger charge is 1.97. The van der Waals surface area contributed by atoms with E-state index in [-0.39, 0.29) is 0 Å². The van der Waals surface area contributed by atoms with Crippen molar-refractivity contribution in [2.45, 2.75) is 32.7 Å². The number of hydrogen-bond acceptors (Lipinski definition) is 2. The van der Waals surface area contributed by atoms with E-state index in [0.29, 0.717) is 12.6 Å². The number of primary amides is 1. The Kier molecular flexibility index (Phi) is 6.47. The SMILES string of the molecule is CCCC(C)NCCNC(N)=O. The molecule has 0 fully saturated rings. The highest BCUT2D eigenvalue weighted by Crippen LogP contribution is 1.92. The Labute approximate surface area is 73.9 Å². The molecule has 72 valence electrons. The lowest BCUT2D eigenvalue weighted by atomic mass is 10.2. The van der Waals surface area contributed by atoms with E-state index in [1.54, 1.807) is 0 Å². The first-order valence-electron chi connectivity index (χ1n) is 4.43. The van der Waals surface area contributed by atoms with Gasteiger partial charge in [-0.15, -0.1) is 0 Å². The molecule has 1 atom stereocenters. The number of nitrogens with one attached hydrogen (secondary N) is 2. The fraction of sp³-hybridized carbons (Fsp3) is 0.875. The first kappa shape index (κ1) is 11.2. The first-order valence-corrected chi connectivity index (χ1v) is 4.43. The van der Waals surface area contributed by atoms with Crippen molar-refractivity contribution >= 4 is 6.03 Å². The lowest BCUT2D eigenvalue weighted by Gasteiger charge is -2.11. The van der Waals surface area contributed by atoms with Gasteiger partial charge in [0.2, 0.25) is 0 Å². The normalized spacial score (nSPS) is 12.5. The van der Waals surface area contributed by atoms with Gasteiger partial charge in [0.05, 0.1) is 0 Å². The van der Waals surface area contributed by atoms with Crippen molar-refractivity contribution in [2.24, 2.45) is 5.73 Å². The Morgan fingerprint density at radius 2 is 2.17 bits per heavy atom. The Bertz CT molecular complexity index is 127. The summed E-state index contributed by atoms with van der Waals surface area (Å²) in [5.41, 5.74) is 4.89. The standard InChI is InChI=1S/C8H19N3O/c1-3-4-7(2)10-5-6-11-8(9)12/h7,10H,3-6H2,1-2H3,(H3,9,11,12). The van der Waals surface area contributed by atoms with Crippen molar-refractivity contribution in [3.63, 3.8) is 0 Å². The van der Waals surface area contributed by atoms with Gasteiger partial charge in [0.1, 0.15) is 0 Å². The summed E-state index contributed by atoms with van der Waals surface area (Å²) in [4.78, 5) is 10.3. The Hall–Kier alpha value is -0.770. The molecule has 0 radical (unpaired) electrons. The van der Waals surface area contributed by atoms with Gasteiger partial charge in [0.25, 0.3) is 0 Å². The third kappa shape index (κ3) is 7.34. The topological polar surface area (TPSA) is 67.2 Å². The number of rotatable bonds is 6. The molecule has 4 nitrogen and oxygen atoms in total. The van der Waals surface area contributed by atoms with Gasteiger partial charge in [-0.05, 0) is 13.3 Å². The van der Waals surface area contributed by atoms with Crippen LogP contribution in [0.3, 0.4) is 0 Å². The van der Waals surface area contributed by atoms with Crippen molar-refractivity contribution in [2.75, 3.05) is 13.1 Å². The van der Waals surface area contributed by atoms with Crippen molar-refractivity contribution in [1.29, 1.82) is 0 Å². The highest BCUT2D eigenvalue weighted by molar-refractivity contribution is 5.71. The molecule has 0 aromatic rings. The number of nitrogens with two attached hydrogens (primary N) is 1. The summed E-state index contributed by atoms with van der Waals surface area (Å²) in [5, 5.41) is 5.79. The van der Waals surface area contributed by atoms with Crippen LogP contribution in [0.25, 0.3) is 0 Å². The van der Waals surface area contributed by atoms with Gasteiger partial charge >= 0.3 is 6.03 Å². The lowest BCUT2D eigenvalue weighted by Crippen LogP contribution is -2.37. The maximum Gasteiger partial charge on any atom is 0.312 e. The molecule has 12 heavy (non-hydrogen) atoms. The maximum atomic E-state index is 10.3. The third-order valence-electron chi connectivity index (χ3n) is 1.64. The second-order valence-electron chi connectivity index (χ2n) is 2.93. The average Bonchev–Trinajstić information content (AvgIpc) is 1.98. The highest BCUT2D eigenvalue weighted by atomic mass is 16.2. The summed E-state index contributed by atoms with van der Waals surface area (Å²) in [5.74, 6) is 0. The number of carbonyl (C=O) groups is 1. The molecule has 0 bridgehead atoms. The van der Waals surface area contributed by atoms with E-state index in [0.717, 1.165) is 13.0 Å². The molecule has 0 aromatic heterocycles. The van der Waals surface area contributed by atoms with Gasteiger partial charge in [-0.2, -0.15) is 0 Å². The predicted octanol–water partition coefficient (Wildman–Crippen LogP) is 0.433. The van der Waals surface area contributed by atoms with E-state index in [4.69, 9.17) is 5.73 Å². The zero-order valence-electron chi connectivity index (χ0n) is 7.89. The molecule has 0 aliphatic rings. The summed E-state index contributed by atoms with van der Waals surface area (Å²) in [6.45, 7) is 5.67. The van der Waals surface area contributed by atoms with Crippen LogP contribution in [0.5, 0.6) is 0 Å². The van der Waals surface area contributed by atoms with E-state index >= 15 is 0 Å². The molecule has 4 heteroatoms. The van der Waals surface area contributed by atoms with Gasteiger partial charge in [0, 0.05) is 19.1 Å². The molecule has 0 saturated carbocycles. The summed E-state index contributed by atoms with van der Waals surface area (Å²) in [7, 11) is 0. The molecule has 0 saturated heterocycles. The molecule has 0 spiro atoms. The predicted molar refractivity (Wildman–Crippen MR) is 50.0 cm³/mol. The summed E-state index contributed by atoms with van der Waals surface area (Å²) in [6.07, 6.45) is 2.34. The minimum Gasteiger partial charge on any atom is -0.352 e. The van der Waals surface area contributed by atoms with Crippen LogP contribution in [0.4, 0.5) is 4.79 Å². The minimum absolute atomic E-state index is 0.458. The van der Waals surface area contributed by atoms with E-state index in [2.05, 4.69) is 24.5 Å². The summed E-state index contributed by atoms with van der Waals surface area (Å²) < 4.78 is 0. The second-order valence-corrected chi connectivity index (χ2v) is 2.93. The smallest absolute Gasteiger partial charge is 0.312 e. The Morgan fingerprint density at radius 3 is 2.67 bits per heavy atom. The molecule has 4 N–H and O–H groups in total. The average molecular weight is 173 g/mol. The van der Waals surface area contributed by atoms with Crippen LogP contribution in [0.15, 0.2) is 0 Å². The molecule has 0 aliphatic heterocycles. The molecule has 1 unspecified atom stereocenters. The Morgan fingerprint density at radius 1 is 1.50 bits per heavy atom. The molecular formula is C8H19N3O. The van der Waals surface area contributed by atoms with Crippen molar-refractivity contribution in [3.05, 3.63) is 0 Å². The Balaban J connectivity index is 3.13. The van der Waals surface area contributed by atoms with Crippen LogP contribution < -0.4 is 16.4 Å². The fourth-order valence-electron chi connectivity index (χ4n) is 1.04. The van der Waals surface area contributed by atoms with Crippen LogP contribution in [0, 0.1) is 0 Å². The molecule has 0 aliphatic carbocycles. The third-order valence-corrected chi connectivity index (χ3v) is 1.64. The first-order chi connectivity index (χ1) is 5.66. The molecular weight excluding hydrogens is 154 g/mol. The maximum absolute atomic E-state index is 10.3. The number of urea groups is 1. The molecule has 2 amide bonds. The summed E-state index contributed by atoms with van der Waals surface area (Å²) >= 11 is 0. The van der Waals surface area contributed by atoms with Crippen LogP contribution in [0.1, 0.15) is 26.7 Å². The van der Waals surface area contributed by atoms with Crippen LogP contribution in [-0.2, 0) is 0 Å². The largest absolute Gasteiger partial charge is 0.352 e. The number of hydrogen-bond donors (Lipinski definition) is 3. The zero-order chi connectivity index (χ0) is 9.40. The van der Waals surface area contributed by atoms with Gasteiger partial charge in [0.15, 0.2) is 0 Å². The van der Waals surface area contributed by atoms with E-state index < -0.39 is 6.03 Å². The van der Waals surface area contributed by atoms with Crippen molar-refractivity contribution < 1.29 is 4.79 Å². The minimum atomic E-state index is -0.458. The van der Waals surface area contributed by atoms with Crippen LogP contribution in [-0.4, -0.2) is 25.2 Å². The molecule has 0 aromatic carbocycles. The second kappa shape index (κ2) is 6.91. The monoisotopic (exact) mass is 173 g/mol. The van der Waals surface area contributed by atoms with Gasteiger partial charge in [-0.25, -0.2) is 4.79 Å². The van der Waals surface area contributed by atoms with Gasteiger partial charge in [-0.1, -0.05) is 13.3 Å². The molecule has 0 heterocycles. The van der Waals surface area contributed by atoms with E-state index in [1.165, 1.54) is 6.42 Å².